The van der Waals surface area contributed by atoms with Gasteiger partial charge in [0.2, 0.25) is 12.5 Å². The predicted octanol–water partition coefficient (Wildman–Crippen LogP) is 3.77. The van der Waals surface area contributed by atoms with Crippen molar-refractivity contribution in [2.24, 2.45) is 5.10 Å². The van der Waals surface area contributed by atoms with Crippen molar-refractivity contribution in [3.05, 3.63) is 41.5 Å². The van der Waals surface area contributed by atoms with E-state index in [-0.39, 0.29) is 12.7 Å². The van der Waals surface area contributed by atoms with E-state index < -0.39 is 0 Å². The zero-order valence-corrected chi connectivity index (χ0v) is 17.6. The molecule has 0 atom stereocenters. The normalized spacial score (nSPS) is 12.5. The Morgan fingerprint density at radius 1 is 0.933 bits per heavy atom. The number of nitrogens with one attached hydrogen (secondary N) is 1. The number of carbonyl (C=O) groups is 1. The Bertz CT molecular complexity index is 914. The van der Waals surface area contributed by atoms with E-state index in [9.17, 15) is 4.79 Å². The lowest BCUT2D eigenvalue weighted by molar-refractivity contribution is 0.0953. The number of carbonyl (C=O) groups excluding carboxylic acids is 1. The second-order valence-electron chi connectivity index (χ2n) is 6.31. The van der Waals surface area contributed by atoms with Gasteiger partial charge in [-0.1, -0.05) is 0 Å². The fourth-order valence-electron chi connectivity index (χ4n) is 2.91. The number of hydrazone groups is 1. The number of ether oxygens (including phenoxy) is 5. The lowest BCUT2D eigenvalue weighted by atomic mass is 10.1. The molecule has 8 heteroatoms. The van der Waals surface area contributed by atoms with E-state index in [0.29, 0.717) is 59.8 Å². The Morgan fingerprint density at radius 3 is 2.20 bits per heavy atom. The SMILES string of the molecule is CCOc1cc(C(=O)N/N=C(/C)c2ccc3c(c2)OCO3)cc(OCC)c1OCC. The Balaban J connectivity index is 1.82. The van der Waals surface area contributed by atoms with E-state index in [1.807, 2.05) is 39.0 Å². The maximum absolute atomic E-state index is 12.7. The minimum Gasteiger partial charge on any atom is -0.490 e. The quantitative estimate of drug-likeness (QED) is 0.497. The molecule has 0 radical (unpaired) electrons. The van der Waals surface area contributed by atoms with E-state index in [1.54, 1.807) is 19.1 Å². The Kier molecular flexibility index (Phi) is 7.00. The van der Waals surface area contributed by atoms with Crippen molar-refractivity contribution in [1.82, 2.24) is 5.43 Å². The molecule has 0 aromatic heterocycles. The van der Waals surface area contributed by atoms with Crippen LogP contribution in [0.15, 0.2) is 35.4 Å². The van der Waals surface area contributed by atoms with Crippen molar-refractivity contribution in [2.45, 2.75) is 27.7 Å². The third-order valence-electron chi connectivity index (χ3n) is 4.29. The van der Waals surface area contributed by atoms with Crippen LogP contribution in [0.5, 0.6) is 28.7 Å². The summed E-state index contributed by atoms with van der Waals surface area (Å²) < 4.78 is 27.7. The van der Waals surface area contributed by atoms with Crippen LogP contribution in [0, 0.1) is 0 Å². The van der Waals surface area contributed by atoms with Gasteiger partial charge >= 0.3 is 0 Å². The highest BCUT2D eigenvalue weighted by molar-refractivity contribution is 6.01. The molecule has 1 N–H and O–H groups in total. The highest BCUT2D eigenvalue weighted by atomic mass is 16.7. The van der Waals surface area contributed by atoms with Gasteiger partial charge in [0.25, 0.3) is 5.91 Å². The van der Waals surface area contributed by atoms with Crippen molar-refractivity contribution >= 4 is 11.6 Å². The number of nitrogens with zero attached hydrogens (tertiary/aromatic N) is 1. The van der Waals surface area contributed by atoms with Crippen LogP contribution in [0.1, 0.15) is 43.6 Å². The third kappa shape index (κ3) is 4.76. The van der Waals surface area contributed by atoms with Gasteiger partial charge in [-0.05, 0) is 58.0 Å². The van der Waals surface area contributed by atoms with Gasteiger partial charge in [0.1, 0.15) is 0 Å². The molecule has 0 unspecified atom stereocenters. The molecule has 1 heterocycles. The molecule has 160 valence electrons. The summed E-state index contributed by atoms with van der Waals surface area (Å²) in [4.78, 5) is 12.7. The van der Waals surface area contributed by atoms with Crippen LogP contribution in [0.3, 0.4) is 0 Å². The first-order chi connectivity index (χ1) is 14.6. The van der Waals surface area contributed by atoms with E-state index >= 15 is 0 Å². The molecule has 1 amide bonds. The zero-order valence-electron chi connectivity index (χ0n) is 17.6. The maximum atomic E-state index is 12.7. The van der Waals surface area contributed by atoms with Crippen LogP contribution in [-0.4, -0.2) is 38.2 Å². The highest BCUT2D eigenvalue weighted by Gasteiger charge is 2.19. The van der Waals surface area contributed by atoms with Gasteiger partial charge in [0, 0.05) is 11.1 Å². The topological polar surface area (TPSA) is 87.6 Å². The number of amides is 1. The Hall–Kier alpha value is -3.42. The van der Waals surface area contributed by atoms with Gasteiger partial charge in [-0.25, -0.2) is 5.43 Å². The first kappa shape index (κ1) is 21.3. The summed E-state index contributed by atoms with van der Waals surface area (Å²) in [5.74, 6) is 2.34. The summed E-state index contributed by atoms with van der Waals surface area (Å²) in [6, 6.07) is 8.74. The molecule has 8 nitrogen and oxygen atoms in total. The molecule has 1 aliphatic rings. The van der Waals surface area contributed by atoms with Crippen molar-refractivity contribution < 1.29 is 28.5 Å². The molecule has 2 aromatic rings. The molecule has 30 heavy (non-hydrogen) atoms. The van der Waals surface area contributed by atoms with E-state index in [0.717, 1.165) is 5.56 Å². The number of hydrogen-bond acceptors (Lipinski definition) is 7. The van der Waals surface area contributed by atoms with Crippen LogP contribution >= 0.6 is 0 Å². The fraction of sp³-hybridized carbons (Fsp3) is 0.364. The molecular weight excluding hydrogens is 388 g/mol. The number of benzene rings is 2. The molecule has 2 aromatic carbocycles. The van der Waals surface area contributed by atoms with Crippen LogP contribution in [-0.2, 0) is 0 Å². The maximum Gasteiger partial charge on any atom is 0.271 e. The summed E-state index contributed by atoms with van der Waals surface area (Å²) in [6.07, 6.45) is 0. The molecule has 0 aliphatic carbocycles. The van der Waals surface area contributed by atoms with Gasteiger partial charge in [0.15, 0.2) is 23.0 Å². The smallest absolute Gasteiger partial charge is 0.271 e. The molecular formula is C22H26N2O6. The number of rotatable bonds is 9. The summed E-state index contributed by atoms with van der Waals surface area (Å²) in [7, 11) is 0. The first-order valence-electron chi connectivity index (χ1n) is 9.88. The summed E-state index contributed by atoms with van der Waals surface area (Å²) in [6.45, 7) is 8.91. The molecule has 0 saturated heterocycles. The zero-order chi connectivity index (χ0) is 21.5. The van der Waals surface area contributed by atoms with Gasteiger partial charge < -0.3 is 23.7 Å². The largest absolute Gasteiger partial charge is 0.490 e. The van der Waals surface area contributed by atoms with Gasteiger partial charge in [-0.2, -0.15) is 5.10 Å². The van der Waals surface area contributed by atoms with Crippen molar-refractivity contribution in [3.63, 3.8) is 0 Å². The summed E-state index contributed by atoms with van der Waals surface area (Å²) in [5, 5.41) is 4.21. The lowest BCUT2D eigenvalue weighted by Gasteiger charge is -2.16. The van der Waals surface area contributed by atoms with Crippen molar-refractivity contribution in [3.8, 4) is 28.7 Å². The first-order valence-corrected chi connectivity index (χ1v) is 9.88. The summed E-state index contributed by atoms with van der Waals surface area (Å²) in [5.41, 5.74) is 4.38. The highest BCUT2D eigenvalue weighted by Crippen LogP contribution is 2.39. The number of fused-ring (bicyclic) bond motifs is 1. The molecule has 3 rings (SSSR count). The van der Waals surface area contributed by atoms with E-state index in [2.05, 4.69) is 10.5 Å². The van der Waals surface area contributed by atoms with E-state index in [1.165, 1.54) is 0 Å². The molecule has 1 aliphatic heterocycles. The molecule has 0 saturated carbocycles. The second-order valence-corrected chi connectivity index (χ2v) is 6.31. The summed E-state index contributed by atoms with van der Waals surface area (Å²) >= 11 is 0. The molecule has 0 spiro atoms. The Labute approximate surface area is 175 Å². The van der Waals surface area contributed by atoms with Crippen molar-refractivity contribution in [2.75, 3.05) is 26.6 Å². The van der Waals surface area contributed by atoms with Crippen LogP contribution in [0.4, 0.5) is 0 Å². The van der Waals surface area contributed by atoms with Gasteiger partial charge in [-0.15, -0.1) is 0 Å². The monoisotopic (exact) mass is 414 g/mol. The average Bonchev–Trinajstić information content (AvgIpc) is 3.22. The second kappa shape index (κ2) is 9.87. The molecule has 0 bridgehead atoms. The van der Waals surface area contributed by atoms with Crippen LogP contribution < -0.4 is 29.1 Å². The molecule has 0 fully saturated rings. The lowest BCUT2D eigenvalue weighted by Crippen LogP contribution is -2.20. The standard InChI is InChI=1S/C22H26N2O6/c1-5-26-19-11-16(12-20(27-6-2)21(19)28-7-3)22(25)24-23-14(4)15-8-9-17-18(10-15)30-13-29-17/h8-12H,5-7,13H2,1-4H3,(H,24,25)/b23-14-. The fourth-order valence-corrected chi connectivity index (χ4v) is 2.91. The predicted molar refractivity (Wildman–Crippen MR) is 112 cm³/mol. The van der Waals surface area contributed by atoms with Crippen LogP contribution in [0.25, 0.3) is 0 Å². The average molecular weight is 414 g/mol. The minimum atomic E-state index is -0.389. The van der Waals surface area contributed by atoms with Gasteiger partial charge in [0.05, 0.1) is 25.5 Å². The number of hydrogen-bond donors (Lipinski definition) is 1. The van der Waals surface area contributed by atoms with Gasteiger partial charge in [-0.3, -0.25) is 4.79 Å². The third-order valence-corrected chi connectivity index (χ3v) is 4.29. The van der Waals surface area contributed by atoms with Crippen LogP contribution in [0.2, 0.25) is 0 Å². The minimum absolute atomic E-state index is 0.202. The Morgan fingerprint density at radius 2 is 1.57 bits per heavy atom. The van der Waals surface area contributed by atoms with E-state index in [4.69, 9.17) is 23.7 Å². The van der Waals surface area contributed by atoms with Crippen molar-refractivity contribution in [1.29, 1.82) is 0 Å².